The largest absolute Gasteiger partial charge is 0.390 e. The van der Waals surface area contributed by atoms with E-state index in [-0.39, 0.29) is 17.4 Å². The molecule has 1 N–H and O–H groups in total. The zero-order valence-corrected chi connectivity index (χ0v) is 12.7. The van der Waals surface area contributed by atoms with E-state index in [2.05, 4.69) is 0 Å². The molecular weight excluding hydrogens is 325 g/mol. The Morgan fingerprint density at radius 1 is 1.35 bits per heavy atom. The van der Waals surface area contributed by atoms with Gasteiger partial charge in [-0.05, 0) is 12.1 Å². The lowest BCUT2D eigenvalue weighted by Crippen LogP contribution is -2.47. The van der Waals surface area contributed by atoms with E-state index in [1.165, 1.54) is 4.90 Å². The molecule has 1 heterocycles. The summed E-state index contributed by atoms with van der Waals surface area (Å²) < 4.78 is 23.2. The lowest BCUT2D eigenvalue weighted by atomic mass is 10.1. The van der Waals surface area contributed by atoms with E-state index in [1.807, 2.05) is 0 Å². The number of amides is 1. The van der Waals surface area contributed by atoms with Gasteiger partial charge in [0, 0.05) is 0 Å². The number of nitrogens with zero attached hydrogens (tertiary/aromatic N) is 1. The maximum Gasteiger partial charge on any atom is 0.242 e. The van der Waals surface area contributed by atoms with Crippen LogP contribution in [-0.4, -0.2) is 49.0 Å². The molecule has 2 atom stereocenters. The molecular formula is C12H13Cl2NO4S. The molecule has 8 heteroatoms. The monoisotopic (exact) mass is 337 g/mol. The molecule has 0 aliphatic carbocycles. The van der Waals surface area contributed by atoms with Crippen LogP contribution in [0.25, 0.3) is 0 Å². The highest BCUT2D eigenvalue weighted by atomic mass is 35.5. The van der Waals surface area contributed by atoms with Gasteiger partial charge >= 0.3 is 0 Å². The number of alkyl halides is 1. The minimum Gasteiger partial charge on any atom is -0.390 e. The summed E-state index contributed by atoms with van der Waals surface area (Å²) in [6.45, 7) is 0. The topological polar surface area (TPSA) is 74.7 Å². The average molecular weight is 338 g/mol. The van der Waals surface area contributed by atoms with Crippen LogP contribution in [0.3, 0.4) is 0 Å². The van der Waals surface area contributed by atoms with Crippen LogP contribution in [0.15, 0.2) is 24.3 Å². The maximum atomic E-state index is 12.0. The van der Waals surface area contributed by atoms with Gasteiger partial charge in [-0.1, -0.05) is 23.7 Å². The van der Waals surface area contributed by atoms with Crippen LogP contribution in [0.4, 0.5) is 5.69 Å². The number of halogens is 2. The molecule has 1 fully saturated rings. The second-order valence-corrected chi connectivity index (χ2v) is 7.39. The van der Waals surface area contributed by atoms with Crippen LogP contribution in [0, 0.1) is 0 Å². The van der Waals surface area contributed by atoms with Crippen LogP contribution in [0.1, 0.15) is 0 Å². The van der Waals surface area contributed by atoms with Crippen molar-refractivity contribution in [3.63, 3.8) is 0 Å². The number of benzene rings is 1. The molecule has 1 aromatic carbocycles. The molecule has 0 bridgehead atoms. The van der Waals surface area contributed by atoms with E-state index in [0.29, 0.717) is 10.7 Å². The van der Waals surface area contributed by atoms with Gasteiger partial charge in [0.25, 0.3) is 0 Å². The van der Waals surface area contributed by atoms with Gasteiger partial charge in [0.15, 0.2) is 9.84 Å². The lowest BCUT2D eigenvalue weighted by Gasteiger charge is -2.30. The molecule has 0 aromatic heterocycles. The van der Waals surface area contributed by atoms with E-state index < -0.39 is 27.9 Å². The number of anilines is 1. The Morgan fingerprint density at radius 3 is 2.50 bits per heavy atom. The van der Waals surface area contributed by atoms with Crippen molar-refractivity contribution in [2.24, 2.45) is 0 Å². The predicted octanol–water partition coefficient (Wildman–Crippen LogP) is 1.07. The van der Waals surface area contributed by atoms with E-state index in [4.69, 9.17) is 23.2 Å². The SMILES string of the molecule is O=C(CCl)N(c1ccccc1Cl)C1CS(=O)(=O)CC1O. The van der Waals surface area contributed by atoms with Crippen LogP contribution in [0.5, 0.6) is 0 Å². The molecule has 1 aliphatic rings. The Balaban J connectivity index is 2.45. The van der Waals surface area contributed by atoms with Crippen molar-refractivity contribution in [1.82, 2.24) is 0 Å². The number of hydrogen-bond donors (Lipinski definition) is 1. The number of aliphatic hydroxyl groups excluding tert-OH is 1. The predicted molar refractivity (Wildman–Crippen MR) is 78.1 cm³/mol. The van der Waals surface area contributed by atoms with Crippen molar-refractivity contribution in [2.45, 2.75) is 12.1 Å². The second-order valence-electron chi connectivity index (χ2n) is 4.56. The molecule has 0 saturated carbocycles. The first kappa shape index (κ1) is 15.6. The number of carbonyl (C=O) groups excluding carboxylic acids is 1. The van der Waals surface area contributed by atoms with Crippen molar-refractivity contribution in [3.05, 3.63) is 29.3 Å². The summed E-state index contributed by atoms with van der Waals surface area (Å²) in [5, 5.41) is 10.2. The minimum absolute atomic E-state index is 0.294. The third-order valence-corrected chi connectivity index (χ3v) is 5.37. The highest BCUT2D eigenvalue weighted by Gasteiger charge is 2.42. The first-order chi connectivity index (χ1) is 9.35. The summed E-state index contributed by atoms with van der Waals surface area (Å²) in [5.74, 6) is -1.49. The summed E-state index contributed by atoms with van der Waals surface area (Å²) in [6.07, 6.45) is -1.15. The summed E-state index contributed by atoms with van der Waals surface area (Å²) in [6, 6.07) is 5.67. The van der Waals surface area contributed by atoms with Gasteiger partial charge in [0.2, 0.25) is 5.91 Å². The van der Waals surface area contributed by atoms with Gasteiger partial charge in [0.05, 0.1) is 34.4 Å². The Labute approximate surface area is 127 Å². The number of para-hydroxylation sites is 1. The van der Waals surface area contributed by atoms with E-state index in [1.54, 1.807) is 24.3 Å². The summed E-state index contributed by atoms with van der Waals surface area (Å²) in [5.41, 5.74) is 0.348. The Bertz CT molecular complexity index is 620. The summed E-state index contributed by atoms with van der Waals surface area (Å²) in [7, 11) is -3.38. The van der Waals surface area contributed by atoms with E-state index in [9.17, 15) is 18.3 Å². The molecule has 1 saturated heterocycles. The van der Waals surface area contributed by atoms with Gasteiger partial charge in [-0.3, -0.25) is 4.79 Å². The van der Waals surface area contributed by atoms with Gasteiger partial charge in [-0.15, -0.1) is 11.6 Å². The van der Waals surface area contributed by atoms with Crippen LogP contribution in [0.2, 0.25) is 5.02 Å². The Hall–Kier alpha value is -0.820. The van der Waals surface area contributed by atoms with Crippen LogP contribution >= 0.6 is 23.2 Å². The second kappa shape index (κ2) is 5.89. The third-order valence-electron chi connectivity index (χ3n) is 3.12. The van der Waals surface area contributed by atoms with Crippen molar-refractivity contribution in [2.75, 3.05) is 22.3 Å². The lowest BCUT2D eigenvalue weighted by molar-refractivity contribution is -0.117. The first-order valence-electron chi connectivity index (χ1n) is 5.87. The number of rotatable bonds is 3. The van der Waals surface area contributed by atoms with Crippen LogP contribution in [-0.2, 0) is 14.6 Å². The molecule has 2 rings (SSSR count). The number of aliphatic hydroxyl groups is 1. The van der Waals surface area contributed by atoms with Crippen molar-refractivity contribution >= 4 is 44.6 Å². The highest BCUT2D eigenvalue weighted by Crippen LogP contribution is 2.31. The zero-order chi connectivity index (χ0) is 14.9. The third kappa shape index (κ3) is 3.09. The van der Waals surface area contributed by atoms with Gasteiger partial charge in [0.1, 0.15) is 5.88 Å². The van der Waals surface area contributed by atoms with Crippen molar-refractivity contribution < 1.29 is 18.3 Å². The van der Waals surface area contributed by atoms with Crippen molar-refractivity contribution in [3.8, 4) is 0 Å². The quantitative estimate of drug-likeness (QED) is 0.837. The summed E-state index contributed by atoms with van der Waals surface area (Å²) >= 11 is 11.6. The molecule has 1 aliphatic heterocycles. The highest BCUT2D eigenvalue weighted by molar-refractivity contribution is 7.91. The summed E-state index contributed by atoms with van der Waals surface area (Å²) in [4.78, 5) is 13.2. The molecule has 0 spiro atoms. The number of hydrogen-bond acceptors (Lipinski definition) is 4. The number of carbonyl (C=O) groups is 1. The molecule has 110 valence electrons. The zero-order valence-electron chi connectivity index (χ0n) is 10.4. The standard InChI is InChI=1S/C12H13Cl2NO4S/c13-5-12(17)15(9-4-2-1-3-8(9)14)10-6-20(18,19)7-11(10)16/h1-4,10-11,16H,5-7H2. The van der Waals surface area contributed by atoms with Gasteiger partial charge < -0.3 is 10.0 Å². The fraction of sp³-hybridized carbons (Fsp3) is 0.417. The molecule has 1 aromatic rings. The fourth-order valence-electron chi connectivity index (χ4n) is 2.27. The minimum atomic E-state index is -3.38. The fourth-order valence-corrected chi connectivity index (χ4v) is 4.39. The average Bonchev–Trinajstić information content (AvgIpc) is 2.65. The normalized spacial score (nSPS) is 24.6. The first-order valence-corrected chi connectivity index (χ1v) is 8.60. The molecule has 20 heavy (non-hydrogen) atoms. The molecule has 1 amide bonds. The van der Waals surface area contributed by atoms with E-state index in [0.717, 1.165) is 0 Å². The van der Waals surface area contributed by atoms with Gasteiger partial charge in [-0.25, -0.2) is 8.42 Å². The maximum absolute atomic E-state index is 12.0. The van der Waals surface area contributed by atoms with Crippen molar-refractivity contribution in [1.29, 1.82) is 0 Å². The number of sulfone groups is 1. The Morgan fingerprint density at radius 2 is 2.00 bits per heavy atom. The molecule has 0 radical (unpaired) electrons. The molecule has 2 unspecified atom stereocenters. The van der Waals surface area contributed by atoms with Crippen LogP contribution < -0.4 is 4.90 Å². The molecule has 5 nitrogen and oxygen atoms in total. The Kier molecular flexibility index (Phi) is 4.59. The smallest absolute Gasteiger partial charge is 0.242 e. The van der Waals surface area contributed by atoms with E-state index >= 15 is 0 Å². The van der Waals surface area contributed by atoms with Gasteiger partial charge in [-0.2, -0.15) is 0 Å².